The largest absolute Gasteiger partial charge is 0.496 e. The minimum Gasteiger partial charge on any atom is -0.496 e. The van der Waals surface area contributed by atoms with Gasteiger partial charge in [0.1, 0.15) is 5.75 Å². The topological polar surface area (TPSA) is 64.4 Å². The molecule has 0 unspecified atom stereocenters. The summed E-state index contributed by atoms with van der Waals surface area (Å²) in [5.74, 6) is 0.639. The fourth-order valence-electron chi connectivity index (χ4n) is 2.12. The van der Waals surface area contributed by atoms with Crippen LogP contribution in [0.5, 0.6) is 5.75 Å². The average Bonchev–Trinajstić information content (AvgIpc) is 2.52. The molecule has 0 amide bonds. The zero-order valence-electron chi connectivity index (χ0n) is 12.1. The molecule has 0 saturated carbocycles. The van der Waals surface area contributed by atoms with Gasteiger partial charge in [-0.05, 0) is 30.2 Å². The van der Waals surface area contributed by atoms with Crippen LogP contribution in [0, 0.1) is 10.1 Å². The molecule has 0 aromatic heterocycles. The molecule has 0 aliphatic carbocycles. The maximum Gasteiger partial charge on any atom is 0.270 e. The van der Waals surface area contributed by atoms with Gasteiger partial charge in [-0.15, -0.1) is 0 Å². The van der Waals surface area contributed by atoms with Crippen molar-refractivity contribution >= 4 is 11.4 Å². The highest BCUT2D eigenvalue weighted by Gasteiger charge is 2.11. The monoisotopic (exact) mass is 286 g/mol. The van der Waals surface area contributed by atoms with E-state index in [1.54, 1.807) is 13.2 Å². The SMILES string of the molecule is CCc1cccc(NCc2cc([N+](=O)[O-])ccc2OC)c1. The first kappa shape index (κ1) is 14.8. The number of nitrogens with one attached hydrogen (secondary N) is 1. The summed E-state index contributed by atoms with van der Waals surface area (Å²) in [6, 6.07) is 12.7. The first-order valence-corrected chi connectivity index (χ1v) is 6.78. The molecule has 0 bridgehead atoms. The Labute approximate surface area is 123 Å². The van der Waals surface area contributed by atoms with Gasteiger partial charge in [-0.25, -0.2) is 0 Å². The van der Waals surface area contributed by atoms with Crippen LogP contribution < -0.4 is 10.1 Å². The highest BCUT2D eigenvalue weighted by Crippen LogP contribution is 2.25. The van der Waals surface area contributed by atoms with Crippen LogP contribution in [0.4, 0.5) is 11.4 Å². The zero-order chi connectivity index (χ0) is 15.2. The molecule has 0 aliphatic rings. The Hall–Kier alpha value is -2.56. The van der Waals surface area contributed by atoms with Crippen molar-refractivity contribution in [1.29, 1.82) is 0 Å². The average molecular weight is 286 g/mol. The van der Waals surface area contributed by atoms with Crippen LogP contribution in [-0.2, 0) is 13.0 Å². The molecule has 0 spiro atoms. The van der Waals surface area contributed by atoms with Crippen LogP contribution in [0.3, 0.4) is 0 Å². The second-order valence-electron chi connectivity index (χ2n) is 4.66. The third-order valence-corrected chi connectivity index (χ3v) is 3.29. The minimum absolute atomic E-state index is 0.0647. The van der Waals surface area contributed by atoms with Crippen molar-refractivity contribution in [2.75, 3.05) is 12.4 Å². The van der Waals surface area contributed by atoms with Gasteiger partial charge in [-0.2, -0.15) is 0 Å². The molecule has 1 N–H and O–H groups in total. The molecule has 5 heteroatoms. The molecular formula is C16H18N2O3. The Balaban J connectivity index is 2.17. The number of anilines is 1. The zero-order valence-corrected chi connectivity index (χ0v) is 12.1. The summed E-state index contributed by atoms with van der Waals surface area (Å²) in [4.78, 5) is 10.5. The fraction of sp³-hybridized carbons (Fsp3) is 0.250. The predicted octanol–water partition coefficient (Wildman–Crippen LogP) is 3.78. The van der Waals surface area contributed by atoms with Crippen molar-refractivity contribution in [2.24, 2.45) is 0 Å². The van der Waals surface area contributed by atoms with E-state index in [2.05, 4.69) is 24.4 Å². The molecule has 5 nitrogen and oxygen atoms in total. The molecule has 0 saturated heterocycles. The van der Waals surface area contributed by atoms with E-state index in [4.69, 9.17) is 4.74 Å². The van der Waals surface area contributed by atoms with Gasteiger partial charge in [-0.1, -0.05) is 19.1 Å². The maximum atomic E-state index is 10.9. The van der Waals surface area contributed by atoms with Gasteiger partial charge in [0.05, 0.1) is 12.0 Å². The van der Waals surface area contributed by atoms with Crippen LogP contribution in [0.1, 0.15) is 18.1 Å². The first-order chi connectivity index (χ1) is 10.1. The number of nitro benzene ring substituents is 1. The number of nitro groups is 1. The van der Waals surface area contributed by atoms with E-state index in [0.717, 1.165) is 17.7 Å². The number of nitrogens with zero attached hydrogens (tertiary/aromatic N) is 1. The van der Waals surface area contributed by atoms with E-state index in [1.807, 2.05) is 12.1 Å². The Kier molecular flexibility index (Phi) is 4.77. The standard InChI is InChI=1S/C16H18N2O3/c1-3-12-5-4-6-14(9-12)17-11-13-10-15(18(19)20)7-8-16(13)21-2/h4-10,17H,3,11H2,1-2H3. The second kappa shape index (κ2) is 6.74. The number of non-ortho nitro benzene ring substituents is 1. The Morgan fingerprint density at radius 2 is 2.05 bits per heavy atom. The van der Waals surface area contributed by atoms with Crippen LogP contribution in [0.25, 0.3) is 0 Å². The number of benzene rings is 2. The summed E-state index contributed by atoms with van der Waals surface area (Å²) in [5, 5.41) is 14.1. The van der Waals surface area contributed by atoms with Crippen LogP contribution in [-0.4, -0.2) is 12.0 Å². The summed E-state index contributed by atoms with van der Waals surface area (Å²) in [7, 11) is 1.56. The van der Waals surface area contributed by atoms with Crippen molar-refractivity contribution in [3.8, 4) is 5.75 Å². The lowest BCUT2D eigenvalue weighted by molar-refractivity contribution is -0.384. The minimum atomic E-state index is -0.402. The van der Waals surface area contributed by atoms with Crippen molar-refractivity contribution in [2.45, 2.75) is 19.9 Å². The van der Waals surface area contributed by atoms with E-state index in [0.29, 0.717) is 12.3 Å². The smallest absolute Gasteiger partial charge is 0.270 e. The summed E-state index contributed by atoms with van der Waals surface area (Å²) in [6.07, 6.45) is 0.968. The van der Waals surface area contributed by atoms with Gasteiger partial charge in [0.15, 0.2) is 0 Å². The number of methoxy groups -OCH3 is 1. The van der Waals surface area contributed by atoms with E-state index in [-0.39, 0.29) is 5.69 Å². The fourth-order valence-corrected chi connectivity index (χ4v) is 2.12. The van der Waals surface area contributed by atoms with Gasteiger partial charge in [0, 0.05) is 29.9 Å². The molecule has 21 heavy (non-hydrogen) atoms. The van der Waals surface area contributed by atoms with Gasteiger partial charge >= 0.3 is 0 Å². The van der Waals surface area contributed by atoms with E-state index in [1.165, 1.54) is 17.7 Å². The number of hydrogen-bond acceptors (Lipinski definition) is 4. The Bertz CT molecular complexity index is 641. The lowest BCUT2D eigenvalue weighted by Crippen LogP contribution is -2.03. The highest BCUT2D eigenvalue weighted by atomic mass is 16.6. The molecule has 0 fully saturated rings. The van der Waals surface area contributed by atoms with Crippen molar-refractivity contribution in [3.63, 3.8) is 0 Å². The first-order valence-electron chi connectivity index (χ1n) is 6.78. The van der Waals surface area contributed by atoms with Crippen LogP contribution >= 0.6 is 0 Å². The number of rotatable bonds is 6. The summed E-state index contributed by atoms with van der Waals surface area (Å²) >= 11 is 0. The second-order valence-corrected chi connectivity index (χ2v) is 4.66. The lowest BCUT2D eigenvalue weighted by atomic mass is 10.1. The van der Waals surface area contributed by atoms with Crippen molar-refractivity contribution < 1.29 is 9.66 Å². The normalized spacial score (nSPS) is 10.2. The number of hydrogen-bond donors (Lipinski definition) is 1. The summed E-state index contributed by atoms with van der Waals surface area (Å²) < 4.78 is 5.25. The third kappa shape index (κ3) is 3.72. The van der Waals surface area contributed by atoms with Crippen LogP contribution in [0.15, 0.2) is 42.5 Å². The molecule has 0 aliphatic heterocycles. The Morgan fingerprint density at radius 1 is 1.24 bits per heavy atom. The quantitative estimate of drug-likeness (QED) is 0.648. The molecule has 2 aromatic carbocycles. The van der Waals surface area contributed by atoms with Gasteiger partial charge in [-0.3, -0.25) is 10.1 Å². The van der Waals surface area contributed by atoms with Gasteiger partial charge in [0.25, 0.3) is 5.69 Å². The third-order valence-electron chi connectivity index (χ3n) is 3.29. The lowest BCUT2D eigenvalue weighted by Gasteiger charge is -2.11. The summed E-state index contributed by atoms with van der Waals surface area (Å²) in [6.45, 7) is 2.57. The number of aryl methyl sites for hydroxylation is 1. The van der Waals surface area contributed by atoms with Crippen LogP contribution in [0.2, 0.25) is 0 Å². The molecule has 0 atom stereocenters. The summed E-state index contributed by atoms with van der Waals surface area (Å²) in [5.41, 5.74) is 3.05. The van der Waals surface area contributed by atoms with E-state index in [9.17, 15) is 10.1 Å². The van der Waals surface area contributed by atoms with Gasteiger partial charge < -0.3 is 10.1 Å². The molecule has 0 radical (unpaired) electrons. The Morgan fingerprint density at radius 3 is 2.71 bits per heavy atom. The molecule has 2 rings (SSSR count). The molecule has 2 aromatic rings. The molecule has 0 heterocycles. The predicted molar refractivity (Wildman–Crippen MR) is 82.8 cm³/mol. The van der Waals surface area contributed by atoms with E-state index < -0.39 is 4.92 Å². The molecular weight excluding hydrogens is 268 g/mol. The maximum absolute atomic E-state index is 10.9. The molecule has 110 valence electrons. The van der Waals surface area contributed by atoms with Gasteiger partial charge in [0.2, 0.25) is 0 Å². The van der Waals surface area contributed by atoms with Crippen molar-refractivity contribution in [1.82, 2.24) is 0 Å². The number of ether oxygens (including phenoxy) is 1. The highest BCUT2D eigenvalue weighted by molar-refractivity contribution is 5.49. The van der Waals surface area contributed by atoms with E-state index >= 15 is 0 Å². The van der Waals surface area contributed by atoms with Crippen molar-refractivity contribution in [3.05, 3.63) is 63.7 Å².